The summed E-state index contributed by atoms with van der Waals surface area (Å²) < 4.78 is 0. The van der Waals surface area contributed by atoms with Gasteiger partial charge in [0, 0.05) is 12.2 Å². The topological polar surface area (TPSA) is 78.4 Å². The first kappa shape index (κ1) is 12.2. The zero-order chi connectivity index (χ0) is 12.0. The molecule has 3 N–H and O–H groups in total. The first-order valence-electron chi connectivity index (χ1n) is 4.92. The number of carbonyl (C=O) groups excluding carboxylic acids is 2. The highest BCUT2D eigenvalue weighted by Gasteiger charge is 2.13. The van der Waals surface area contributed by atoms with E-state index in [4.69, 9.17) is 5.11 Å². The molecule has 1 aromatic rings. The number of hydrogen-bond acceptors (Lipinski definition) is 3. The molecule has 86 valence electrons. The summed E-state index contributed by atoms with van der Waals surface area (Å²) in [7, 11) is 0. The Balaban J connectivity index is 2.44. The Morgan fingerprint density at radius 1 is 1.25 bits per heavy atom. The summed E-state index contributed by atoms with van der Waals surface area (Å²) in [5, 5.41) is 13.7. The van der Waals surface area contributed by atoms with Gasteiger partial charge in [0.25, 0.3) is 0 Å². The fourth-order valence-corrected chi connectivity index (χ4v) is 1.03. The third-order valence-corrected chi connectivity index (χ3v) is 1.80. The van der Waals surface area contributed by atoms with Crippen molar-refractivity contribution < 1.29 is 14.7 Å². The Hall–Kier alpha value is -1.88. The highest BCUT2D eigenvalue weighted by molar-refractivity contribution is 6.39. The second-order valence-corrected chi connectivity index (χ2v) is 3.38. The minimum absolute atomic E-state index is 0.0566. The normalized spacial score (nSPS) is 11.6. The van der Waals surface area contributed by atoms with Gasteiger partial charge in [0.05, 0.1) is 6.10 Å². The van der Waals surface area contributed by atoms with Crippen LogP contribution in [-0.4, -0.2) is 29.6 Å². The van der Waals surface area contributed by atoms with Gasteiger partial charge in [0.15, 0.2) is 0 Å². The molecule has 16 heavy (non-hydrogen) atoms. The van der Waals surface area contributed by atoms with Gasteiger partial charge >= 0.3 is 11.8 Å². The van der Waals surface area contributed by atoms with Crippen LogP contribution in [0.25, 0.3) is 0 Å². The van der Waals surface area contributed by atoms with Crippen LogP contribution in [0.4, 0.5) is 5.69 Å². The molecule has 5 heteroatoms. The minimum Gasteiger partial charge on any atom is -0.392 e. The van der Waals surface area contributed by atoms with Crippen LogP contribution in [0.15, 0.2) is 30.3 Å². The predicted octanol–water partition coefficient (Wildman–Crippen LogP) is 0.122. The van der Waals surface area contributed by atoms with Crippen LogP contribution in [0, 0.1) is 0 Å². The van der Waals surface area contributed by atoms with E-state index in [1.807, 2.05) is 6.07 Å². The first-order valence-corrected chi connectivity index (χ1v) is 4.92. The van der Waals surface area contributed by atoms with E-state index in [1.54, 1.807) is 24.3 Å². The van der Waals surface area contributed by atoms with Crippen molar-refractivity contribution in [3.8, 4) is 0 Å². The van der Waals surface area contributed by atoms with Crippen molar-refractivity contribution in [2.24, 2.45) is 0 Å². The zero-order valence-corrected chi connectivity index (χ0v) is 8.93. The number of aliphatic hydroxyl groups is 1. The van der Waals surface area contributed by atoms with E-state index < -0.39 is 17.9 Å². The van der Waals surface area contributed by atoms with Crippen LogP contribution in [0.3, 0.4) is 0 Å². The highest BCUT2D eigenvalue weighted by Crippen LogP contribution is 2.04. The maximum atomic E-state index is 11.3. The van der Waals surface area contributed by atoms with Crippen LogP contribution in [-0.2, 0) is 9.59 Å². The van der Waals surface area contributed by atoms with E-state index in [0.29, 0.717) is 5.69 Å². The lowest BCUT2D eigenvalue weighted by Gasteiger charge is -2.07. The molecule has 2 amide bonds. The van der Waals surface area contributed by atoms with E-state index in [1.165, 1.54) is 6.92 Å². The van der Waals surface area contributed by atoms with E-state index in [0.717, 1.165) is 0 Å². The van der Waals surface area contributed by atoms with Gasteiger partial charge in [-0.05, 0) is 19.1 Å². The third kappa shape index (κ3) is 4.10. The molecule has 0 aromatic heterocycles. The van der Waals surface area contributed by atoms with Crippen molar-refractivity contribution in [1.82, 2.24) is 5.32 Å². The lowest BCUT2D eigenvalue weighted by atomic mass is 10.3. The smallest absolute Gasteiger partial charge is 0.313 e. The number of carbonyl (C=O) groups is 2. The van der Waals surface area contributed by atoms with E-state index in [9.17, 15) is 9.59 Å². The lowest BCUT2D eigenvalue weighted by Crippen LogP contribution is -2.38. The Morgan fingerprint density at radius 3 is 2.44 bits per heavy atom. The van der Waals surface area contributed by atoms with Crippen molar-refractivity contribution in [3.05, 3.63) is 30.3 Å². The molecule has 1 atom stereocenters. The molecule has 0 fully saturated rings. The molecule has 0 aliphatic rings. The third-order valence-electron chi connectivity index (χ3n) is 1.80. The summed E-state index contributed by atoms with van der Waals surface area (Å²) in [6.45, 7) is 1.58. The van der Waals surface area contributed by atoms with Crippen molar-refractivity contribution in [1.29, 1.82) is 0 Å². The number of aliphatic hydroxyl groups excluding tert-OH is 1. The van der Waals surface area contributed by atoms with Gasteiger partial charge in [-0.2, -0.15) is 0 Å². The van der Waals surface area contributed by atoms with Crippen molar-refractivity contribution in [2.45, 2.75) is 13.0 Å². The number of anilines is 1. The van der Waals surface area contributed by atoms with Crippen LogP contribution >= 0.6 is 0 Å². The lowest BCUT2D eigenvalue weighted by molar-refractivity contribution is -0.136. The number of rotatable bonds is 3. The first-order chi connectivity index (χ1) is 7.59. The minimum atomic E-state index is -0.759. The molecular weight excluding hydrogens is 208 g/mol. The summed E-state index contributed by atoms with van der Waals surface area (Å²) in [5.41, 5.74) is 0.555. The Labute approximate surface area is 93.5 Å². The van der Waals surface area contributed by atoms with Crippen LogP contribution in [0.2, 0.25) is 0 Å². The maximum absolute atomic E-state index is 11.3. The van der Waals surface area contributed by atoms with E-state index in [2.05, 4.69) is 10.6 Å². The van der Waals surface area contributed by atoms with Crippen molar-refractivity contribution in [2.75, 3.05) is 11.9 Å². The molecular formula is C11H14N2O3. The van der Waals surface area contributed by atoms with Crippen LogP contribution < -0.4 is 10.6 Å². The number of para-hydroxylation sites is 1. The van der Waals surface area contributed by atoms with Gasteiger partial charge in [0.1, 0.15) is 0 Å². The molecule has 0 saturated carbocycles. The van der Waals surface area contributed by atoms with Gasteiger partial charge in [-0.25, -0.2) is 0 Å². The molecule has 0 bridgehead atoms. The molecule has 5 nitrogen and oxygen atoms in total. The summed E-state index contributed by atoms with van der Waals surface area (Å²) in [6, 6.07) is 8.68. The molecule has 1 aromatic carbocycles. The fourth-order valence-electron chi connectivity index (χ4n) is 1.03. The Kier molecular flexibility index (Phi) is 4.47. The molecule has 0 unspecified atom stereocenters. The molecule has 0 spiro atoms. The van der Waals surface area contributed by atoms with Gasteiger partial charge in [-0.3, -0.25) is 9.59 Å². The van der Waals surface area contributed by atoms with Gasteiger partial charge in [-0.15, -0.1) is 0 Å². The second kappa shape index (κ2) is 5.87. The van der Waals surface area contributed by atoms with Gasteiger partial charge in [0.2, 0.25) is 0 Å². The predicted molar refractivity (Wildman–Crippen MR) is 59.8 cm³/mol. The average molecular weight is 222 g/mol. The second-order valence-electron chi connectivity index (χ2n) is 3.38. The molecule has 0 radical (unpaired) electrons. The van der Waals surface area contributed by atoms with E-state index in [-0.39, 0.29) is 6.54 Å². The standard InChI is InChI=1S/C11H14N2O3/c1-8(14)7-12-10(15)11(16)13-9-5-3-2-4-6-9/h2-6,8,14H,7H2,1H3,(H,12,15)(H,13,16)/t8-/m1/s1. The number of hydrogen-bond donors (Lipinski definition) is 3. The van der Waals surface area contributed by atoms with Crippen molar-refractivity contribution >= 4 is 17.5 Å². The van der Waals surface area contributed by atoms with Crippen LogP contribution in [0.1, 0.15) is 6.92 Å². The molecule has 0 heterocycles. The molecule has 0 saturated heterocycles. The fraction of sp³-hybridized carbons (Fsp3) is 0.273. The summed E-state index contributed by atoms with van der Waals surface area (Å²) >= 11 is 0. The SMILES string of the molecule is C[C@@H](O)CNC(=O)C(=O)Nc1ccccc1. The van der Waals surface area contributed by atoms with Gasteiger partial charge in [-0.1, -0.05) is 18.2 Å². The summed E-state index contributed by atoms with van der Waals surface area (Å²) in [5.74, 6) is -1.50. The number of benzene rings is 1. The maximum Gasteiger partial charge on any atom is 0.313 e. The quantitative estimate of drug-likeness (QED) is 0.636. The highest BCUT2D eigenvalue weighted by atomic mass is 16.3. The summed E-state index contributed by atoms with van der Waals surface area (Å²) in [4.78, 5) is 22.5. The molecule has 0 aliphatic heterocycles. The number of nitrogens with one attached hydrogen (secondary N) is 2. The Morgan fingerprint density at radius 2 is 1.88 bits per heavy atom. The summed E-state index contributed by atoms with van der Waals surface area (Å²) in [6.07, 6.45) is -0.673. The molecule has 0 aliphatic carbocycles. The average Bonchev–Trinajstić information content (AvgIpc) is 2.27. The molecule has 1 rings (SSSR count). The van der Waals surface area contributed by atoms with Gasteiger partial charge < -0.3 is 15.7 Å². The monoisotopic (exact) mass is 222 g/mol. The van der Waals surface area contributed by atoms with Crippen molar-refractivity contribution in [3.63, 3.8) is 0 Å². The van der Waals surface area contributed by atoms with E-state index >= 15 is 0 Å². The van der Waals surface area contributed by atoms with Crippen LogP contribution in [0.5, 0.6) is 0 Å². The zero-order valence-electron chi connectivity index (χ0n) is 8.93. The Bertz CT molecular complexity index is 363. The largest absolute Gasteiger partial charge is 0.392 e. The number of amides is 2.